The lowest BCUT2D eigenvalue weighted by Crippen LogP contribution is -2.40. The van der Waals surface area contributed by atoms with Crippen molar-refractivity contribution in [2.24, 2.45) is 11.7 Å². The minimum absolute atomic E-state index is 0.0689. The number of carboxylic acids is 1. The molecule has 0 radical (unpaired) electrons. The van der Waals surface area contributed by atoms with E-state index in [0.29, 0.717) is 12.8 Å². The van der Waals surface area contributed by atoms with Crippen molar-refractivity contribution in [2.75, 3.05) is 11.5 Å². The van der Waals surface area contributed by atoms with Gasteiger partial charge < -0.3 is 15.9 Å². The van der Waals surface area contributed by atoms with Crippen molar-refractivity contribution in [3.8, 4) is 0 Å². The summed E-state index contributed by atoms with van der Waals surface area (Å²) < 4.78 is 22.7. The summed E-state index contributed by atoms with van der Waals surface area (Å²) in [4.78, 5) is 10.5. The van der Waals surface area contributed by atoms with Crippen LogP contribution >= 0.6 is 0 Å². The predicted molar refractivity (Wildman–Crippen MR) is 57.6 cm³/mol. The number of hydrogen-bond acceptors (Lipinski definition) is 5. The average molecular weight is 251 g/mol. The molecule has 94 valence electrons. The first-order valence-electron chi connectivity index (χ1n) is 5.18. The molecule has 7 heteroatoms. The molecule has 6 nitrogen and oxygen atoms in total. The molecule has 0 spiro atoms. The monoisotopic (exact) mass is 251 g/mol. The molecule has 1 rings (SSSR count). The van der Waals surface area contributed by atoms with Crippen LogP contribution in [0.25, 0.3) is 0 Å². The van der Waals surface area contributed by atoms with Gasteiger partial charge in [0.05, 0.1) is 17.6 Å². The van der Waals surface area contributed by atoms with E-state index in [9.17, 15) is 18.3 Å². The van der Waals surface area contributed by atoms with Crippen molar-refractivity contribution in [3.63, 3.8) is 0 Å². The van der Waals surface area contributed by atoms with Crippen LogP contribution in [-0.4, -0.2) is 48.3 Å². The summed E-state index contributed by atoms with van der Waals surface area (Å²) in [6, 6.07) is -1.14. The van der Waals surface area contributed by atoms with E-state index >= 15 is 0 Å². The van der Waals surface area contributed by atoms with Crippen molar-refractivity contribution >= 4 is 15.8 Å². The molecule has 0 amide bonds. The fourth-order valence-electron chi connectivity index (χ4n) is 1.92. The van der Waals surface area contributed by atoms with E-state index < -0.39 is 28.0 Å². The lowest BCUT2D eigenvalue weighted by Gasteiger charge is -2.27. The Bertz CT molecular complexity index is 353. The lowest BCUT2D eigenvalue weighted by molar-refractivity contribution is -0.139. The molecule has 0 aliphatic carbocycles. The smallest absolute Gasteiger partial charge is 0.320 e. The molecule has 1 saturated heterocycles. The highest BCUT2D eigenvalue weighted by molar-refractivity contribution is 7.91. The van der Waals surface area contributed by atoms with Crippen molar-refractivity contribution < 1.29 is 23.4 Å². The van der Waals surface area contributed by atoms with Crippen molar-refractivity contribution in [1.29, 1.82) is 0 Å². The Morgan fingerprint density at radius 3 is 2.62 bits per heavy atom. The first-order valence-corrected chi connectivity index (χ1v) is 7.01. The Kier molecular flexibility index (Phi) is 4.28. The zero-order valence-corrected chi connectivity index (χ0v) is 9.69. The number of aliphatic carboxylic acids is 1. The number of hydrogen-bond donors (Lipinski definition) is 3. The minimum Gasteiger partial charge on any atom is -0.480 e. The van der Waals surface area contributed by atoms with Crippen molar-refractivity contribution in [3.05, 3.63) is 0 Å². The molecule has 1 aliphatic heterocycles. The van der Waals surface area contributed by atoms with E-state index in [0.717, 1.165) is 0 Å². The van der Waals surface area contributed by atoms with Crippen LogP contribution in [0, 0.1) is 5.92 Å². The molecule has 0 saturated carbocycles. The van der Waals surface area contributed by atoms with Crippen LogP contribution < -0.4 is 5.73 Å². The Balaban J connectivity index is 2.54. The van der Waals surface area contributed by atoms with Gasteiger partial charge in [-0.3, -0.25) is 4.79 Å². The second-order valence-electron chi connectivity index (χ2n) is 4.26. The summed E-state index contributed by atoms with van der Waals surface area (Å²) in [5.41, 5.74) is 5.28. The number of nitrogens with two attached hydrogens (primary N) is 1. The summed E-state index contributed by atoms with van der Waals surface area (Å²) in [5.74, 6) is -1.48. The van der Waals surface area contributed by atoms with Gasteiger partial charge >= 0.3 is 5.97 Å². The summed E-state index contributed by atoms with van der Waals surface area (Å²) in [6.07, 6.45) is 0.0652. The van der Waals surface area contributed by atoms with Gasteiger partial charge in [0.2, 0.25) is 0 Å². The summed E-state index contributed by atoms with van der Waals surface area (Å²) >= 11 is 0. The van der Waals surface area contributed by atoms with E-state index in [1.54, 1.807) is 0 Å². The Hall–Kier alpha value is -0.660. The maximum absolute atomic E-state index is 11.3. The minimum atomic E-state index is -3.08. The SMILES string of the molecule is NC(CC(O)C1CCCS(=O)(=O)C1)C(=O)O. The Labute approximate surface area is 94.4 Å². The molecule has 0 aromatic rings. The highest BCUT2D eigenvalue weighted by Crippen LogP contribution is 2.23. The third kappa shape index (κ3) is 3.73. The average Bonchev–Trinajstić information content (AvgIpc) is 2.15. The quantitative estimate of drug-likeness (QED) is 0.588. The maximum atomic E-state index is 11.3. The van der Waals surface area contributed by atoms with Gasteiger partial charge in [-0.1, -0.05) is 0 Å². The molecule has 16 heavy (non-hydrogen) atoms. The zero-order chi connectivity index (χ0) is 12.3. The first kappa shape index (κ1) is 13.4. The normalized spacial score (nSPS) is 28.2. The number of sulfone groups is 1. The van der Waals surface area contributed by atoms with Crippen LogP contribution in [0.2, 0.25) is 0 Å². The van der Waals surface area contributed by atoms with Gasteiger partial charge in [0.25, 0.3) is 0 Å². The zero-order valence-electron chi connectivity index (χ0n) is 8.87. The van der Waals surface area contributed by atoms with Crippen LogP contribution in [-0.2, 0) is 14.6 Å². The Morgan fingerprint density at radius 2 is 2.12 bits per heavy atom. The van der Waals surface area contributed by atoms with Gasteiger partial charge in [-0.2, -0.15) is 0 Å². The van der Waals surface area contributed by atoms with Crippen LogP contribution in [0.3, 0.4) is 0 Å². The van der Waals surface area contributed by atoms with Gasteiger partial charge in [-0.05, 0) is 25.2 Å². The van der Waals surface area contributed by atoms with E-state index in [2.05, 4.69) is 0 Å². The molecule has 1 aliphatic rings. The fraction of sp³-hybridized carbons (Fsp3) is 0.889. The third-order valence-corrected chi connectivity index (χ3v) is 4.70. The van der Waals surface area contributed by atoms with Crippen LogP contribution in [0.5, 0.6) is 0 Å². The largest absolute Gasteiger partial charge is 0.480 e. The lowest BCUT2D eigenvalue weighted by atomic mass is 9.94. The molecule has 0 aromatic heterocycles. The Morgan fingerprint density at radius 1 is 1.50 bits per heavy atom. The molecule has 1 fully saturated rings. The standard InChI is InChI=1S/C9H17NO5S/c10-7(9(12)13)4-8(11)6-2-1-3-16(14,15)5-6/h6-8,11H,1-5,10H2,(H,12,13). The van der Waals surface area contributed by atoms with Gasteiger partial charge in [0.1, 0.15) is 6.04 Å². The molecule has 0 bridgehead atoms. The van der Waals surface area contributed by atoms with Gasteiger partial charge in [-0.15, -0.1) is 0 Å². The second-order valence-corrected chi connectivity index (χ2v) is 6.49. The van der Waals surface area contributed by atoms with Crippen molar-refractivity contribution in [2.45, 2.75) is 31.4 Å². The molecule has 3 atom stereocenters. The topological polar surface area (TPSA) is 118 Å². The van der Waals surface area contributed by atoms with E-state index in [1.807, 2.05) is 0 Å². The summed E-state index contributed by atoms with van der Waals surface area (Å²) in [5, 5.41) is 18.3. The fourth-order valence-corrected chi connectivity index (χ4v) is 3.73. The molecular weight excluding hydrogens is 234 g/mol. The highest BCUT2D eigenvalue weighted by atomic mass is 32.2. The highest BCUT2D eigenvalue weighted by Gasteiger charge is 2.31. The third-order valence-electron chi connectivity index (χ3n) is 2.86. The van der Waals surface area contributed by atoms with Gasteiger partial charge in [-0.25, -0.2) is 8.42 Å². The van der Waals surface area contributed by atoms with Gasteiger partial charge in [0.15, 0.2) is 9.84 Å². The van der Waals surface area contributed by atoms with Crippen LogP contribution in [0.1, 0.15) is 19.3 Å². The summed E-state index contributed by atoms with van der Waals surface area (Å²) in [7, 11) is -3.08. The summed E-state index contributed by atoms with van der Waals surface area (Å²) in [6.45, 7) is 0. The van der Waals surface area contributed by atoms with Crippen molar-refractivity contribution in [1.82, 2.24) is 0 Å². The predicted octanol–water partition coefficient (Wildman–Crippen LogP) is -1.03. The van der Waals surface area contributed by atoms with E-state index in [1.165, 1.54) is 0 Å². The number of aliphatic hydroxyl groups is 1. The van der Waals surface area contributed by atoms with Crippen LogP contribution in [0.4, 0.5) is 0 Å². The molecule has 3 unspecified atom stereocenters. The first-order chi connectivity index (χ1) is 7.32. The van der Waals surface area contributed by atoms with Gasteiger partial charge in [0, 0.05) is 0 Å². The maximum Gasteiger partial charge on any atom is 0.320 e. The number of aliphatic hydroxyl groups excluding tert-OH is 1. The number of carboxylic acid groups (broad SMARTS) is 1. The van der Waals surface area contributed by atoms with E-state index in [4.69, 9.17) is 10.8 Å². The number of carbonyl (C=O) groups is 1. The number of rotatable bonds is 4. The molecular formula is C9H17NO5S. The van der Waals surface area contributed by atoms with E-state index in [-0.39, 0.29) is 23.8 Å². The second kappa shape index (κ2) is 5.11. The van der Waals surface area contributed by atoms with Crippen LogP contribution in [0.15, 0.2) is 0 Å². The molecule has 0 aromatic carbocycles. The molecule has 1 heterocycles. The molecule has 4 N–H and O–H groups in total.